The highest BCUT2D eigenvalue weighted by Gasteiger charge is 2.23. The summed E-state index contributed by atoms with van der Waals surface area (Å²) in [6.45, 7) is 8.79. The first kappa shape index (κ1) is 12.9. The molecule has 0 radical (unpaired) electrons. The molecular weight excluding hydrogens is 196 g/mol. The molecule has 0 fully saturated rings. The first-order chi connectivity index (χ1) is 7.58. The summed E-state index contributed by atoms with van der Waals surface area (Å²) in [5.74, 6) is 0. The summed E-state index contributed by atoms with van der Waals surface area (Å²) in [4.78, 5) is 0. The quantitative estimate of drug-likeness (QED) is 0.737. The van der Waals surface area contributed by atoms with Crippen LogP contribution in [0.3, 0.4) is 0 Å². The Morgan fingerprint density at radius 2 is 1.69 bits per heavy atom. The van der Waals surface area contributed by atoms with E-state index in [1.165, 1.54) is 5.69 Å². The Labute approximate surface area is 99.2 Å². The van der Waals surface area contributed by atoms with Crippen LogP contribution in [-0.4, -0.2) is 5.54 Å². The summed E-state index contributed by atoms with van der Waals surface area (Å²) in [5, 5.41) is 3.67. The van der Waals surface area contributed by atoms with E-state index in [2.05, 4.69) is 39.1 Å². The molecule has 1 rings (SSSR count). The van der Waals surface area contributed by atoms with Gasteiger partial charge in [0, 0.05) is 16.9 Å². The van der Waals surface area contributed by atoms with Gasteiger partial charge in [-0.2, -0.15) is 0 Å². The van der Waals surface area contributed by atoms with Crippen molar-refractivity contribution in [2.45, 2.75) is 52.5 Å². The van der Waals surface area contributed by atoms with Crippen LogP contribution in [0, 0.1) is 6.92 Å². The van der Waals surface area contributed by atoms with Gasteiger partial charge in [0.1, 0.15) is 0 Å². The average Bonchev–Trinajstić information content (AvgIpc) is 2.32. The molecule has 0 aliphatic carbocycles. The average molecular weight is 220 g/mol. The van der Waals surface area contributed by atoms with Crippen LogP contribution in [0.1, 0.15) is 45.6 Å². The third-order valence-corrected chi connectivity index (χ3v) is 3.81. The van der Waals surface area contributed by atoms with Crippen molar-refractivity contribution >= 4 is 11.4 Å². The molecule has 1 aromatic rings. The molecule has 90 valence electrons. The highest BCUT2D eigenvalue weighted by Crippen LogP contribution is 2.29. The van der Waals surface area contributed by atoms with Gasteiger partial charge in [0.25, 0.3) is 0 Å². The highest BCUT2D eigenvalue weighted by atomic mass is 15.0. The van der Waals surface area contributed by atoms with Gasteiger partial charge in [-0.3, -0.25) is 0 Å². The van der Waals surface area contributed by atoms with Crippen molar-refractivity contribution in [3.8, 4) is 0 Å². The molecule has 0 atom stereocenters. The van der Waals surface area contributed by atoms with Crippen LogP contribution >= 0.6 is 0 Å². The number of anilines is 2. The predicted octanol–water partition coefficient (Wildman–Crippen LogP) is 3.96. The van der Waals surface area contributed by atoms with Gasteiger partial charge in [-0.1, -0.05) is 26.8 Å². The fourth-order valence-corrected chi connectivity index (χ4v) is 2.09. The number of hydrogen-bond donors (Lipinski definition) is 2. The maximum absolute atomic E-state index is 5.92. The van der Waals surface area contributed by atoms with Crippen molar-refractivity contribution in [3.05, 3.63) is 23.8 Å². The van der Waals surface area contributed by atoms with Gasteiger partial charge < -0.3 is 11.1 Å². The van der Waals surface area contributed by atoms with Crippen LogP contribution in [0.15, 0.2) is 18.2 Å². The molecule has 3 N–H and O–H groups in total. The first-order valence-corrected chi connectivity index (χ1v) is 6.21. The number of nitrogens with one attached hydrogen (secondary N) is 1. The Morgan fingerprint density at radius 3 is 2.19 bits per heavy atom. The topological polar surface area (TPSA) is 38.0 Å². The molecule has 0 bridgehead atoms. The minimum atomic E-state index is 0.207. The van der Waals surface area contributed by atoms with E-state index >= 15 is 0 Å². The molecular formula is C14H24N2. The molecule has 0 saturated heterocycles. The summed E-state index contributed by atoms with van der Waals surface area (Å²) >= 11 is 0. The summed E-state index contributed by atoms with van der Waals surface area (Å²) in [6, 6.07) is 6.07. The van der Waals surface area contributed by atoms with E-state index < -0.39 is 0 Å². The van der Waals surface area contributed by atoms with Gasteiger partial charge >= 0.3 is 0 Å². The van der Waals surface area contributed by atoms with E-state index in [0.717, 1.165) is 30.5 Å². The normalized spacial score (nSPS) is 11.5. The zero-order valence-corrected chi connectivity index (χ0v) is 10.9. The number of nitrogen functional groups attached to an aromatic ring is 1. The van der Waals surface area contributed by atoms with Crippen LogP contribution < -0.4 is 11.1 Å². The third-order valence-electron chi connectivity index (χ3n) is 3.81. The Balaban J connectivity index is 2.98. The van der Waals surface area contributed by atoms with Gasteiger partial charge in [0.2, 0.25) is 0 Å². The second kappa shape index (κ2) is 5.24. The van der Waals surface area contributed by atoms with Gasteiger partial charge in [-0.25, -0.2) is 0 Å². The fourth-order valence-electron chi connectivity index (χ4n) is 2.09. The summed E-state index contributed by atoms with van der Waals surface area (Å²) in [6.07, 6.45) is 3.40. The molecule has 0 heterocycles. The molecule has 0 unspecified atom stereocenters. The molecule has 0 aromatic heterocycles. The number of benzene rings is 1. The minimum absolute atomic E-state index is 0.207. The first-order valence-electron chi connectivity index (χ1n) is 6.21. The predicted molar refractivity (Wildman–Crippen MR) is 72.8 cm³/mol. The number of hydrogen-bond acceptors (Lipinski definition) is 2. The zero-order chi connectivity index (χ0) is 12.2. The van der Waals surface area contributed by atoms with E-state index in [4.69, 9.17) is 5.73 Å². The molecule has 0 spiro atoms. The van der Waals surface area contributed by atoms with Crippen molar-refractivity contribution in [2.75, 3.05) is 11.1 Å². The molecule has 2 heteroatoms. The van der Waals surface area contributed by atoms with Crippen LogP contribution in [0.4, 0.5) is 11.4 Å². The van der Waals surface area contributed by atoms with Gasteiger partial charge in [-0.15, -0.1) is 0 Å². The van der Waals surface area contributed by atoms with Crippen molar-refractivity contribution in [1.82, 2.24) is 0 Å². The fraction of sp³-hybridized carbons (Fsp3) is 0.571. The van der Waals surface area contributed by atoms with Crippen molar-refractivity contribution in [1.29, 1.82) is 0 Å². The largest absolute Gasteiger partial charge is 0.398 e. The van der Waals surface area contributed by atoms with Gasteiger partial charge in [-0.05, 0) is 43.9 Å². The van der Waals surface area contributed by atoms with E-state index in [-0.39, 0.29) is 5.54 Å². The second-order valence-corrected chi connectivity index (χ2v) is 4.49. The molecule has 0 aliphatic heterocycles. The summed E-state index contributed by atoms with van der Waals surface area (Å²) < 4.78 is 0. The molecule has 2 nitrogen and oxygen atoms in total. The Morgan fingerprint density at radius 1 is 1.12 bits per heavy atom. The lowest BCUT2D eigenvalue weighted by Gasteiger charge is -2.33. The maximum atomic E-state index is 5.92. The maximum Gasteiger partial charge on any atom is 0.0394 e. The van der Waals surface area contributed by atoms with Crippen molar-refractivity contribution < 1.29 is 0 Å². The highest BCUT2D eigenvalue weighted by molar-refractivity contribution is 5.63. The molecule has 0 amide bonds. The lowest BCUT2D eigenvalue weighted by Crippen LogP contribution is -2.36. The van der Waals surface area contributed by atoms with Gasteiger partial charge in [0.15, 0.2) is 0 Å². The zero-order valence-electron chi connectivity index (χ0n) is 10.9. The molecule has 1 aromatic carbocycles. The summed E-state index contributed by atoms with van der Waals surface area (Å²) in [7, 11) is 0. The van der Waals surface area contributed by atoms with E-state index in [1.807, 2.05) is 12.1 Å². The SMILES string of the molecule is CCC(CC)(CC)Nc1cccc(N)c1C. The smallest absolute Gasteiger partial charge is 0.0394 e. The van der Waals surface area contributed by atoms with Crippen LogP contribution in [0.25, 0.3) is 0 Å². The van der Waals surface area contributed by atoms with Crippen LogP contribution in [-0.2, 0) is 0 Å². The van der Waals surface area contributed by atoms with Crippen LogP contribution in [0.5, 0.6) is 0 Å². The van der Waals surface area contributed by atoms with E-state index in [0.29, 0.717) is 0 Å². The van der Waals surface area contributed by atoms with Gasteiger partial charge in [0.05, 0.1) is 0 Å². The molecule has 0 aliphatic rings. The summed E-state index contributed by atoms with van der Waals surface area (Å²) in [5.41, 5.74) is 9.32. The standard InChI is InChI=1S/C14H24N2/c1-5-14(6-2,7-3)16-13-10-8-9-12(15)11(13)4/h8-10,16H,5-7,15H2,1-4H3. The lowest BCUT2D eigenvalue weighted by molar-refractivity contribution is 0.420. The van der Waals surface area contributed by atoms with Crippen molar-refractivity contribution in [3.63, 3.8) is 0 Å². The third kappa shape index (κ3) is 2.49. The van der Waals surface area contributed by atoms with E-state index in [1.54, 1.807) is 0 Å². The van der Waals surface area contributed by atoms with E-state index in [9.17, 15) is 0 Å². The molecule has 16 heavy (non-hydrogen) atoms. The number of nitrogens with two attached hydrogens (primary N) is 1. The second-order valence-electron chi connectivity index (χ2n) is 4.49. The monoisotopic (exact) mass is 220 g/mol. The lowest BCUT2D eigenvalue weighted by atomic mass is 9.89. The Kier molecular flexibility index (Phi) is 4.22. The minimum Gasteiger partial charge on any atom is -0.398 e. The van der Waals surface area contributed by atoms with Crippen LogP contribution in [0.2, 0.25) is 0 Å². The number of rotatable bonds is 5. The van der Waals surface area contributed by atoms with Crippen molar-refractivity contribution in [2.24, 2.45) is 0 Å². The molecule has 0 saturated carbocycles. The Hall–Kier alpha value is -1.18. The Bertz CT molecular complexity index is 332.